The Morgan fingerprint density at radius 3 is 2.41 bits per heavy atom. The zero-order valence-electron chi connectivity index (χ0n) is 16.6. The SMILES string of the molecule is CSCC[C@@H](NC(=O)c1cccc(C)c1)C(=O)O[C@H](C)C(=O)c1ccc(F)cc1. The lowest BCUT2D eigenvalue weighted by Gasteiger charge is -2.20. The summed E-state index contributed by atoms with van der Waals surface area (Å²) >= 11 is 1.53. The van der Waals surface area contributed by atoms with Crippen molar-refractivity contribution < 1.29 is 23.5 Å². The Kier molecular flexibility index (Phi) is 8.39. The largest absolute Gasteiger partial charge is 0.453 e. The maximum absolute atomic E-state index is 13.0. The van der Waals surface area contributed by atoms with Crippen LogP contribution in [-0.4, -0.2) is 41.8 Å². The van der Waals surface area contributed by atoms with E-state index in [1.165, 1.54) is 43.0 Å². The van der Waals surface area contributed by atoms with E-state index in [9.17, 15) is 18.8 Å². The first-order chi connectivity index (χ1) is 13.8. The topological polar surface area (TPSA) is 72.5 Å². The Bertz CT molecular complexity index is 869. The van der Waals surface area contributed by atoms with Crippen molar-refractivity contribution in [3.63, 3.8) is 0 Å². The molecule has 0 saturated carbocycles. The molecule has 0 aliphatic heterocycles. The number of rotatable bonds is 9. The summed E-state index contributed by atoms with van der Waals surface area (Å²) in [4.78, 5) is 37.6. The molecule has 0 unspecified atom stereocenters. The molecule has 0 heterocycles. The molecule has 0 saturated heterocycles. The fourth-order valence-corrected chi connectivity index (χ4v) is 3.14. The average molecular weight is 418 g/mol. The third kappa shape index (κ3) is 6.71. The van der Waals surface area contributed by atoms with Crippen molar-refractivity contribution in [3.05, 3.63) is 71.0 Å². The molecular weight excluding hydrogens is 393 g/mol. The van der Waals surface area contributed by atoms with Crippen LogP contribution >= 0.6 is 11.8 Å². The highest BCUT2D eigenvalue weighted by molar-refractivity contribution is 7.98. The molecule has 0 bridgehead atoms. The van der Waals surface area contributed by atoms with Crippen molar-refractivity contribution in [2.75, 3.05) is 12.0 Å². The van der Waals surface area contributed by atoms with Crippen LogP contribution < -0.4 is 5.32 Å². The molecule has 0 aromatic heterocycles. The molecule has 7 heteroatoms. The van der Waals surface area contributed by atoms with Gasteiger partial charge in [-0.25, -0.2) is 9.18 Å². The normalized spacial score (nSPS) is 12.7. The molecule has 154 valence electrons. The number of benzene rings is 2. The molecule has 5 nitrogen and oxygen atoms in total. The van der Waals surface area contributed by atoms with Gasteiger partial charge in [-0.3, -0.25) is 9.59 Å². The number of carbonyl (C=O) groups is 3. The Morgan fingerprint density at radius 2 is 1.79 bits per heavy atom. The van der Waals surface area contributed by atoms with E-state index >= 15 is 0 Å². The number of amides is 1. The first-order valence-electron chi connectivity index (χ1n) is 9.18. The smallest absolute Gasteiger partial charge is 0.329 e. The summed E-state index contributed by atoms with van der Waals surface area (Å²) in [5.41, 5.74) is 1.62. The molecule has 0 aliphatic rings. The summed E-state index contributed by atoms with van der Waals surface area (Å²) in [7, 11) is 0. The van der Waals surface area contributed by atoms with Gasteiger partial charge in [0.25, 0.3) is 5.91 Å². The summed E-state index contributed by atoms with van der Waals surface area (Å²) < 4.78 is 18.3. The highest BCUT2D eigenvalue weighted by Gasteiger charge is 2.27. The number of esters is 1. The van der Waals surface area contributed by atoms with Crippen LogP contribution in [0, 0.1) is 12.7 Å². The monoisotopic (exact) mass is 417 g/mol. The van der Waals surface area contributed by atoms with E-state index in [2.05, 4.69) is 5.32 Å². The molecule has 0 spiro atoms. The van der Waals surface area contributed by atoms with Crippen LogP contribution in [0.4, 0.5) is 4.39 Å². The number of aryl methyl sites for hydroxylation is 1. The number of hydrogen-bond acceptors (Lipinski definition) is 5. The molecule has 1 N–H and O–H groups in total. The Hall–Kier alpha value is -2.67. The van der Waals surface area contributed by atoms with Gasteiger partial charge in [0.15, 0.2) is 6.10 Å². The van der Waals surface area contributed by atoms with E-state index in [0.717, 1.165) is 5.56 Å². The molecule has 0 aliphatic carbocycles. The van der Waals surface area contributed by atoms with E-state index in [0.29, 0.717) is 17.7 Å². The van der Waals surface area contributed by atoms with Gasteiger partial charge in [-0.2, -0.15) is 11.8 Å². The van der Waals surface area contributed by atoms with Crippen LogP contribution in [0.15, 0.2) is 48.5 Å². The Morgan fingerprint density at radius 1 is 1.10 bits per heavy atom. The number of hydrogen-bond donors (Lipinski definition) is 1. The molecule has 2 aromatic rings. The predicted molar refractivity (Wildman–Crippen MR) is 112 cm³/mol. The average Bonchev–Trinajstić information content (AvgIpc) is 2.70. The van der Waals surface area contributed by atoms with Gasteiger partial charge >= 0.3 is 5.97 Å². The summed E-state index contributed by atoms with van der Waals surface area (Å²) in [6, 6.07) is 11.2. The minimum atomic E-state index is -1.05. The van der Waals surface area contributed by atoms with Crippen molar-refractivity contribution in [2.24, 2.45) is 0 Å². The fourth-order valence-electron chi connectivity index (χ4n) is 2.67. The quantitative estimate of drug-likeness (QED) is 0.496. The molecule has 0 radical (unpaired) electrons. The zero-order valence-corrected chi connectivity index (χ0v) is 17.4. The van der Waals surface area contributed by atoms with Gasteiger partial charge in [0.2, 0.25) is 5.78 Å². The molecule has 2 aromatic carbocycles. The van der Waals surface area contributed by atoms with Crippen LogP contribution in [0.5, 0.6) is 0 Å². The maximum atomic E-state index is 13.0. The van der Waals surface area contributed by atoms with Gasteiger partial charge in [-0.05, 0) is 68.7 Å². The first-order valence-corrected chi connectivity index (χ1v) is 10.6. The van der Waals surface area contributed by atoms with Crippen LogP contribution in [0.25, 0.3) is 0 Å². The van der Waals surface area contributed by atoms with Crippen LogP contribution in [0.2, 0.25) is 0 Å². The van der Waals surface area contributed by atoms with E-state index in [1.54, 1.807) is 18.2 Å². The van der Waals surface area contributed by atoms with Crippen molar-refractivity contribution >= 4 is 29.4 Å². The van der Waals surface area contributed by atoms with Crippen molar-refractivity contribution in [1.82, 2.24) is 5.32 Å². The minimum Gasteiger partial charge on any atom is -0.453 e. The highest BCUT2D eigenvalue weighted by atomic mass is 32.2. The first kappa shape index (κ1) is 22.6. The van der Waals surface area contributed by atoms with Gasteiger partial charge in [0.1, 0.15) is 11.9 Å². The molecule has 0 fully saturated rings. The highest BCUT2D eigenvalue weighted by Crippen LogP contribution is 2.12. The lowest BCUT2D eigenvalue weighted by Crippen LogP contribution is -2.44. The molecule has 2 atom stereocenters. The second kappa shape index (κ2) is 10.8. The third-order valence-electron chi connectivity index (χ3n) is 4.27. The number of nitrogens with one attached hydrogen (secondary N) is 1. The van der Waals surface area contributed by atoms with Gasteiger partial charge < -0.3 is 10.1 Å². The fraction of sp³-hybridized carbons (Fsp3) is 0.318. The van der Waals surface area contributed by atoms with E-state index in [4.69, 9.17) is 4.74 Å². The maximum Gasteiger partial charge on any atom is 0.329 e. The summed E-state index contributed by atoms with van der Waals surface area (Å²) in [6.45, 7) is 3.33. The van der Waals surface area contributed by atoms with Gasteiger partial charge in [0.05, 0.1) is 0 Å². The summed E-state index contributed by atoms with van der Waals surface area (Å²) in [5, 5.41) is 2.70. The predicted octanol–water partition coefficient (Wildman–Crippen LogP) is 3.80. The van der Waals surface area contributed by atoms with Crippen molar-refractivity contribution in [3.8, 4) is 0 Å². The Balaban J connectivity index is 2.06. The van der Waals surface area contributed by atoms with Crippen molar-refractivity contribution in [1.29, 1.82) is 0 Å². The number of ketones is 1. The van der Waals surface area contributed by atoms with Crippen LogP contribution in [0.1, 0.15) is 39.6 Å². The number of ether oxygens (including phenoxy) is 1. The van der Waals surface area contributed by atoms with Gasteiger partial charge in [-0.1, -0.05) is 17.7 Å². The second-order valence-electron chi connectivity index (χ2n) is 6.63. The van der Waals surface area contributed by atoms with Crippen LogP contribution in [0.3, 0.4) is 0 Å². The van der Waals surface area contributed by atoms with Gasteiger partial charge in [-0.15, -0.1) is 0 Å². The molecule has 2 rings (SSSR count). The molecule has 29 heavy (non-hydrogen) atoms. The summed E-state index contributed by atoms with van der Waals surface area (Å²) in [5.74, 6) is -1.32. The number of thioether (sulfide) groups is 1. The number of Topliss-reactive ketones (excluding diaryl/α,β-unsaturated/α-hetero) is 1. The van der Waals surface area contributed by atoms with Crippen molar-refractivity contribution in [2.45, 2.75) is 32.4 Å². The number of carbonyl (C=O) groups excluding carboxylic acids is 3. The standard InChI is InChI=1S/C22H24FNO4S/c1-14-5-4-6-17(13-14)21(26)24-19(11-12-29-3)22(27)28-15(2)20(25)16-7-9-18(23)10-8-16/h4-10,13,15,19H,11-12H2,1-3H3,(H,24,26)/t15-,19-/m1/s1. The minimum absolute atomic E-state index is 0.246. The summed E-state index contributed by atoms with van der Waals surface area (Å²) in [6.07, 6.45) is 1.21. The molecular formula is C22H24FNO4S. The van der Waals surface area contributed by atoms with E-state index < -0.39 is 29.7 Å². The van der Waals surface area contributed by atoms with Crippen LogP contribution in [-0.2, 0) is 9.53 Å². The molecule has 1 amide bonds. The third-order valence-corrected chi connectivity index (χ3v) is 4.92. The lowest BCUT2D eigenvalue weighted by molar-refractivity contribution is -0.148. The zero-order chi connectivity index (χ0) is 21.4. The lowest BCUT2D eigenvalue weighted by atomic mass is 10.1. The second-order valence-corrected chi connectivity index (χ2v) is 7.61. The van der Waals surface area contributed by atoms with E-state index in [1.807, 2.05) is 19.2 Å². The number of halogens is 1. The van der Waals surface area contributed by atoms with Gasteiger partial charge in [0, 0.05) is 11.1 Å². The van der Waals surface area contributed by atoms with E-state index in [-0.39, 0.29) is 11.5 Å². The Labute approximate surface area is 174 Å².